The largest absolute Gasteiger partial charge is 0.496 e. The van der Waals surface area contributed by atoms with Crippen LogP contribution in [-0.2, 0) is 6.54 Å². The lowest BCUT2D eigenvalue weighted by atomic mass is 10.1. The van der Waals surface area contributed by atoms with Crippen LogP contribution in [0.25, 0.3) is 0 Å². The molecule has 0 aliphatic carbocycles. The molecule has 1 aromatic heterocycles. The fraction of sp³-hybridized carbons (Fsp3) is 0.200. The fourth-order valence-electron chi connectivity index (χ4n) is 1.82. The molecule has 0 fully saturated rings. The maximum absolute atomic E-state index is 12.2. The topological polar surface area (TPSA) is 48.3 Å². The summed E-state index contributed by atoms with van der Waals surface area (Å²) in [6.45, 7) is 1.87. The zero-order chi connectivity index (χ0) is 14.7. The van der Waals surface area contributed by atoms with E-state index >= 15 is 0 Å². The summed E-state index contributed by atoms with van der Waals surface area (Å²) in [6.07, 6.45) is 1.63. The highest BCUT2D eigenvalue weighted by molar-refractivity contribution is 9.10. The van der Waals surface area contributed by atoms with Gasteiger partial charge in [-0.25, -0.2) is 0 Å². The first-order chi connectivity index (χ1) is 9.51. The van der Waals surface area contributed by atoms with E-state index in [1.54, 1.807) is 37.6 Å². The number of methoxy groups -OCH3 is 1. The van der Waals surface area contributed by atoms with Crippen LogP contribution in [0.1, 0.15) is 15.9 Å². The molecule has 0 saturated carbocycles. The van der Waals surface area contributed by atoms with Crippen LogP contribution < -0.4 is 10.3 Å². The summed E-state index contributed by atoms with van der Waals surface area (Å²) in [7, 11) is 1.56. The Labute approximate surface area is 125 Å². The number of benzene rings is 1. The van der Waals surface area contributed by atoms with Gasteiger partial charge < -0.3 is 9.30 Å². The van der Waals surface area contributed by atoms with E-state index in [0.29, 0.717) is 15.8 Å². The summed E-state index contributed by atoms with van der Waals surface area (Å²) in [4.78, 5) is 23.9. The zero-order valence-electron chi connectivity index (χ0n) is 11.2. The van der Waals surface area contributed by atoms with Crippen molar-refractivity contribution >= 4 is 21.7 Å². The predicted molar refractivity (Wildman–Crippen MR) is 80.5 cm³/mol. The lowest BCUT2D eigenvalue weighted by molar-refractivity contribution is 0.0970. The summed E-state index contributed by atoms with van der Waals surface area (Å²) in [5, 5.41) is 0. The zero-order valence-corrected chi connectivity index (χ0v) is 12.8. The van der Waals surface area contributed by atoms with Gasteiger partial charge in [0.05, 0.1) is 18.1 Å². The number of halogens is 1. The molecule has 0 bridgehead atoms. The molecule has 104 valence electrons. The van der Waals surface area contributed by atoms with E-state index in [-0.39, 0.29) is 17.9 Å². The third-order valence-corrected chi connectivity index (χ3v) is 3.56. The van der Waals surface area contributed by atoms with E-state index in [1.165, 1.54) is 10.6 Å². The molecule has 5 heteroatoms. The number of Topliss-reactive ketones (excluding diaryl/α,β-unsaturated/α-hetero) is 1. The van der Waals surface area contributed by atoms with E-state index in [4.69, 9.17) is 4.74 Å². The quantitative estimate of drug-likeness (QED) is 0.807. The van der Waals surface area contributed by atoms with Gasteiger partial charge in [-0.05, 0) is 52.7 Å². The molecule has 0 unspecified atom stereocenters. The summed E-state index contributed by atoms with van der Waals surface area (Å²) in [5.74, 6) is 0.536. The van der Waals surface area contributed by atoms with Gasteiger partial charge in [0.2, 0.25) is 0 Å². The highest BCUT2D eigenvalue weighted by Gasteiger charge is 2.10. The van der Waals surface area contributed by atoms with Gasteiger partial charge in [-0.3, -0.25) is 9.59 Å². The second-order valence-electron chi connectivity index (χ2n) is 4.44. The van der Waals surface area contributed by atoms with Crippen molar-refractivity contribution in [1.82, 2.24) is 4.57 Å². The Kier molecular flexibility index (Phi) is 4.39. The molecule has 0 spiro atoms. The van der Waals surface area contributed by atoms with Crippen LogP contribution in [0.3, 0.4) is 0 Å². The summed E-state index contributed by atoms with van der Waals surface area (Å²) in [6, 6.07) is 8.41. The number of carbonyl (C=O) groups is 1. The van der Waals surface area contributed by atoms with Crippen LogP contribution in [0.15, 0.2) is 45.8 Å². The van der Waals surface area contributed by atoms with Gasteiger partial charge >= 0.3 is 0 Å². The van der Waals surface area contributed by atoms with Crippen LogP contribution >= 0.6 is 15.9 Å². The second kappa shape index (κ2) is 6.05. The molecule has 0 atom stereocenters. The third kappa shape index (κ3) is 3.17. The Morgan fingerprint density at radius 3 is 2.65 bits per heavy atom. The highest BCUT2D eigenvalue weighted by Crippen LogP contribution is 2.25. The number of carbonyl (C=O) groups excluding carboxylic acids is 1. The summed E-state index contributed by atoms with van der Waals surface area (Å²) < 4.78 is 7.22. The molecule has 2 aromatic rings. The van der Waals surface area contributed by atoms with Gasteiger partial charge in [0, 0.05) is 17.8 Å². The maximum atomic E-state index is 12.2. The average molecular weight is 336 g/mol. The number of aromatic nitrogens is 1. The van der Waals surface area contributed by atoms with Gasteiger partial charge in [-0.2, -0.15) is 0 Å². The van der Waals surface area contributed by atoms with Crippen molar-refractivity contribution in [2.75, 3.05) is 7.11 Å². The van der Waals surface area contributed by atoms with Gasteiger partial charge in [-0.1, -0.05) is 0 Å². The fourth-order valence-corrected chi connectivity index (χ4v) is 2.36. The Morgan fingerprint density at radius 1 is 1.30 bits per heavy atom. The van der Waals surface area contributed by atoms with Crippen LogP contribution in [0.2, 0.25) is 0 Å². The van der Waals surface area contributed by atoms with E-state index in [0.717, 1.165) is 5.56 Å². The number of rotatable bonds is 4. The molecular formula is C15H14BrNO3. The third-order valence-electron chi connectivity index (χ3n) is 2.94. The van der Waals surface area contributed by atoms with E-state index < -0.39 is 0 Å². The van der Waals surface area contributed by atoms with Gasteiger partial charge in [0.15, 0.2) is 5.78 Å². The monoisotopic (exact) mass is 335 g/mol. The number of pyridine rings is 1. The Hall–Kier alpha value is -1.88. The molecule has 0 aliphatic rings. The number of ether oxygens (including phenoxy) is 1. The first kappa shape index (κ1) is 14.5. The minimum atomic E-state index is -0.175. The van der Waals surface area contributed by atoms with Crippen molar-refractivity contribution in [3.05, 3.63) is 62.5 Å². The molecule has 0 radical (unpaired) electrons. The van der Waals surface area contributed by atoms with Crippen LogP contribution in [0.5, 0.6) is 5.75 Å². The lowest BCUT2D eigenvalue weighted by Crippen LogP contribution is -2.23. The number of ketones is 1. The van der Waals surface area contributed by atoms with Crippen LogP contribution in [-0.4, -0.2) is 17.5 Å². The Balaban J connectivity index is 2.24. The molecule has 1 aromatic carbocycles. The number of nitrogens with zero attached hydrogens (tertiary/aromatic N) is 1. The molecule has 0 aliphatic heterocycles. The highest BCUT2D eigenvalue weighted by atomic mass is 79.9. The maximum Gasteiger partial charge on any atom is 0.251 e. The van der Waals surface area contributed by atoms with Crippen LogP contribution in [0, 0.1) is 6.92 Å². The van der Waals surface area contributed by atoms with Crippen LogP contribution in [0.4, 0.5) is 0 Å². The number of aryl methyl sites for hydroxylation is 1. The number of hydrogen-bond acceptors (Lipinski definition) is 3. The minimum Gasteiger partial charge on any atom is -0.496 e. The standard InChI is InChI=1S/C15H14BrNO3/c1-10-5-6-17(15(19)7-10)9-13(18)11-3-4-14(20-2)12(16)8-11/h3-8H,9H2,1-2H3. The molecular weight excluding hydrogens is 322 g/mol. The minimum absolute atomic E-state index is 0.0257. The van der Waals surface area contributed by atoms with Crippen molar-refractivity contribution in [2.24, 2.45) is 0 Å². The van der Waals surface area contributed by atoms with Crippen molar-refractivity contribution in [2.45, 2.75) is 13.5 Å². The summed E-state index contributed by atoms with van der Waals surface area (Å²) in [5.41, 5.74) is 1.24. The van der Waals surface area contributed by atoms with Gasteiger partial charge in [0.1, 0.15) is 5.75 Å². The molecule has 1 heterocycles. The predicted octanol–water partition coefficient (Wildman–Crippen LogP) is 2.81. The Bertz CT molecular complexity index is 707. The first-order valence-corrected chi connectivity index (χ1v) is 6.84. The van der Waals surface area contributed by atoms with Crippen molar-refractivity contribution < 1.29 is 9.53 Å². The molecule has 4 nitrogen and oxygen atoms in total. The van der Waals surface area contributed by atoms with Crippen molar-refractivity contribution in [3.8, 4) is 5.75 Å². The van der Waals surface area contributed by atoms with E-state index in [9.17, 15) is 9.59 Å². The molecule has 20 heavy (non-hydrogen) atoms. The van der Waals surface area contributed by atoms with E-state index in [1.807, 2.05) is 6.92 Å². The Morgan fingerprint density at radius 2 is 2.05 bits per heavy atom. The molecule has 2 rings (SSSR count). The number of hydrogen-bond donors (Lipinski definition) is 0. The first-order valence-electron chi connectivity index (χ1n) is 6.05. The average Bonchev–Trinajstić information content (AvgIpc) is 2.41. The van der Waals surface area contributed by atoms with E-state index in [2.05, 4.69) is 15.9 Å². The van der Waals surface area contributed by atoms with Crippen molar-refractivity contribution in [3.63, 3.8) is 0 Å². The van der Waals surface area contributed by atoms with Gasteiger partial charge in [0.25, 0.3) is 5.56 Å². The van der Waals surface area contributed by atoms with Gasteiger partial charge in [-0.15, -0.1) is 0 Å². The SMILES string of the molecule is COc1ccc(C(=O)Cn2ccc(C)cc2=O)cc1Br. The van der Waals surface area contributed by atoms with Crippen molar-refractivity contribution in [1.29, 1.82) is 0 Å². The molecule has 0 N–H and O–H groups in total. The lowest BCUT2D eigenvalue weighted by Gasteiger charge is -2.07. The second-order valence-corrected chi connectivity index (χ2v) is 5.30. The normalized spacial score (nSPS) is 10.3. The summed E-state index contributed by atoms with van der Waals surface area (Å²) >= 11 is 3.34. The smallest absolute Gasteiger partial charge is 0.251 e. The molecule has 0 saturated heterocycles. The molecule has 0 amide bonds.